The molecule has 0 aromatic carbocycles. The second kappa shape index (κ2) is 9.19. The topological polar surface area (TPSA) is 113 Å². The van der Waals surface area contributed by atoms with Crippen LogP contribution in [0.25, 0.3) is 0 Å². The van der Waals surface area contributed by atoms with E-state index in [2.05, 4.69) is 5.32 Å². The molecule has 0 saturated carbocycles. The van der Waals surface area contributed by atoms with Crippen LogP contribution in [0.2, 0.25) is 0 Å². The van der Waals surface area contributed by atoms with E-state index in [1.807, 2.05) is 13.8 Å². The molecule has 1 fully saturated rings. The first-order chi connectivity index (χ1) is 11.7. The van der Waals surface area contributed by atoms with Gasteiger partial charge in [-0.15, -0.1) is 0 Å². The molecule has 8 nitrogen and oxygen atoms in total. The highest BCUT2D eigenvalue weighted by atomic mass is 16.2. The van der Waals surface area contributed by atoms with Gasteiger partial charge in [0, 0.05) is 19.2 Å². The zero-order chi connectivity index (χ0) is 19.1. The summed E-state index contributed by atoms with van der Waals surface area (Å²) >= 11 is 0. The molecule has 0 aromatic heterocycles. The third-order valence-electron chi connectivity index (χ3n) is 4.46. The van der Waals surface area contributed by atoms with Crippen molar-refractivity contribution < 1.29 is 19.2 Å². The van der Waals surface area contributed by atoms with Gasteiger partial charge in [0.1, 0.15) is 6.04 Å². The van der Waals surface area contributed by atoms with E-state index < -0.39 is 11.9 Å². The van der Waals surface area contributed by atoms with Gasteiger partial charge in [-0.1, -0.05) is 19.9 Å². The van der Waals surface area contributed by atoms with Gasteiger partial charge >= 0.3 is 0 Å². The average Bonchev–Trinajstić information content (AvgIpc) is 3.05. The van der Waals surface area contributed by atoms with Crippen molar-refractivity contribution in [1.82, 2.24) is 15.1 Å². The normalized spacial score (nSPS) is 18.8. The Morgan fingerprint density at radius 1 is 1.36 bits per heavy atom. The second-order valence-corrected chi connectivity index (χ2v) is 6.65. The van der Waals surface area contributed by atoms with E-state index in [9.17, 15) is 19.2 Å². The highest BCUT2D eigenvalue weighted by Gasteiger charge is 2.33. The molecule has 1 rings (SSSR count). The lowest BCUT2D eigenvalue weighted by atomic mass is 9.99. The molecule has 0 spiro atoms. The highest BCUT2D eigenvalue weighted by molar-refractivity contribution is 5.96. The monoisotopic (exact) mass is 352 g/mol. The Labute approximate surface area is 148 Å². The van der Waals surface area contributed by atoms with Crippen molar-refractivity contribution in [2.75, 3.05) is 20.1 Å². The number of amides is 4. The number of carbonyl (C=O) groups excluding carboxylic acids is 4. The minimum atomic E-state index is -0.565. The maximum absolute atomic E-state index is 12.7. The molecule has 1 heterocycles. The first kappa shape index (κ1) is 20.7. The van der Waals surface area contributed by atoms with Crippen LogP contribution in [-0.2, 0) is 19.2 Å². The molecule has 1 saturated heterocycles. The van der Waals surface area contributed by atoms with Crippen molar-refractivity contribution >= 4 is 24.1 Å². The number of likely N-dealkylation sites (N-methyl/N-ethyl adjacent to an activating group) is 1. The summed E-state index contributed by atoms with van der Waals surface area (Å²) in [5, 5.41) is 2.34. The minimum absolute atomic E-state index is 0.0680. The van der Waals surface area contributed by atoms with E-state index in [4.69, 9.17) is 5.73 Å². The zero-order valence-corrected chi connectivity index (χ0v) is 15.3. The fourth-order valence-corrected chi connectivity index (χ4v) is 3.03. The number of primary amides is 1. The Morgan fingerprint density at radius 3 is 2.52 bits per heavy atom. The van der Waals surface area contributed by atoms with Crippen LogP contribution >= 0.6 is 0 Å². The maximum Gasteiger partial charge on any atom is 0.249 e. The third-order valence-corrected chi connectivity index (χ3v) is 4.46. The molecule has 0 bridgehead atoms. The number of nitrogens with two attached hydrogens (primary N) is 1. The third kappa shape index (κ3) is 5.30. The van der Waals surface area contributed by atoms with Gasteiger partial charge in [0.2, 0.25) is 24.1 Å². The fourth-order valence-electron chi connectivity index (χ4n) is 3.03. The van der Waals surface area contributed by atoms with E-state index in [1.165, 1.54) is 9.80 Å². The number of likely N-dealkylation sites (tertiary alicyclic amines) is 1. The molecule has 0 aromatic rings. The average molecular weight is 352 g/mol. The van der Waals surface area contributed by atoms with Gasteiger partial charge in [-0.05, 0) is 25.7 Å². The summed E-state index contributed by atoms with van der Waals surface area (Å²) in [5.74, 6) is -0.915. The molecule has 0 aliphatic carbocycles. The first-order valence-electron chi connectivity index (χ1n) is 8.42. The predicted molar refractivity (Wildman–Crippen MR) is 93.1 cm³/mol. The molecular weight excluding hydrogens is 324 g/mol. The SMILES string of the molecule is CC(=C[C@H](C(C)C)N(C)C(=O)CNC=O)C(=O)N1CCC[C@H]1C(N)=O. The Kier molecular flexibility index (Phi) is 7.60. The summed E-state index contributed by atoms with van der Waals surface area (Å²) in [6.45, 7) is 5.97. The van der Waals surface area contributed by atoms with Crippen molar-refractivity contribution in [2.45, 2.75) is 45.7 Å². The van der Waals surface area contributed by atoms with Crippen LogP contribution in [0.5, 0.6) is 0 Å². The van der Waals surface area contributed by atoms with Gasteiger partial charge < -0.3 is 20.9 Å². The summed E-state index contributed by atoms with van der Waals surface area (Å²) in [4.78, 5) is 49.6. The molecule has 3 N–H and O–H groups in total. The fraction of sp³-hybridized carbons (Fsp3) is 0.647. The molecule has 2 atom stereocenters. The van der Waals surface area contributed by atoms with Gasteiger partial charge in [-0.2, -0.15) is 0 Å². The van der Waals surface area contributed by atoms with Crippen LogP contribution in [0.4, 0.5) is 0 Å². The van der Waals surface area contributed by atoms with E-state index in [-0.39, 0.29) is 30.3 Å². The van der Waals surface area contributed by atoms with Crippen LogP contribution in [0, 0.1) is 5.92 Å². The quantitative estimate of drug-likeness (QED) is 0.459. The van der Waals surface area contributed by atoms with Gasteiger partial charge in [-0.25, -0.2) is 0 Å². The first-order valence-corrected chi connectivity index (χ1v) is 8.42. The minimum Gasteiger partial charge on any atom is -0.368 e. The molecule has 25 heavy (non-hydrogen) atoms. The number of carbonyl (C=O) groups is 4. The standard InChI is InChI=1S/C17H28N4O4/c1-11(2)14(20(4)15(23)9-19-10-22)8-12(3)17(25)21-7-5-6-13(21)16(18)24/h8,10-11,13-14H,5-7,9H2,1-4H3,(H2,18,24)(H,19,22)/t13-,14+/m0/s1. The van der Waals surface area contributed by atoms with E-state index in [1.54, 1.807) is 20.0 Å². The van der Waals surface area contributed by atoms with Crippen molar-refractivity contribution in [1.29, 1.82) is 0 Å². The lowest BCUT2D eigenvalue weighted by Gasteiger charge is -2.30. The molecule has 1 aliphatic heterocycles. The molecule has 1 aliphatic rings. The van der Waals surface area contributed by atoms with Gasteiger partial charge in [0.05, 0.1) is 12.6 Å². The maximum atomic E-state index is 12.7. The van der Waals surface area contributed by atoms with E-state index >= 15 is 0 Å². The summed E-state index contributed by atoms with van der Waals surface area (Å²) in [7, 11) is 1.63. The Balaban J connectivity index is 2.93. The molecule has 4 amide bonds. The molecular formula is C17H28N4O4. The van der Waals surface area contributed by atoms with Gasteiger partial charge in [0.25, 0.3) is 0 Å². The Morgan fingerprint density at radius 2 is 2.00 bits per heavy atom. The number of hydrogen-bond acceptors (Lipinski definition) is 4. The molecule has 0 radical (unpaired) electrons. The lowest BCUT2D eigenvalue weighted by molar-refractivity contribution is -0.134. The molecule has 8 heteroatoms. The lowest BCUT2D eigenvalue weighted by Crippen LogP contribution is -2.45. The van der Waals surface area contributed by atoms with Crippen molar-refractivity contribution in [3.63, 3.8) is 0 Å². The van der Waals surface area contributed by atoms with Gasteiger partial charge in [0.15, 0.2) is 0 Å². The number of nitrogens with one attached hydrogen (secondary N) is 1. The van der Waals surface area contributed by atoms with Crippen LogP contribution < -0.4 is 11.1 Å². The highest BCUT2D eigenvalue weighted by Crippen LogP contribution is 2.21. The van der Waals surface area contributed by atoms with Crippen LogP contribution in [0.15, 0.2) is 11.6 Å². The summed E-state index contributed by atoms with van der Waals surface area (Å²) in [6.07, 6.45) is 3.54. The zero-order valence-electron chi connectivity index (χ0n) is 15.3. The summed E-state index contributed by atoms with van der Waals surface area (Å²) in [5.41, 5.74) is 5.84. The predicted octanol–water partition coefficient (Wildman–Crippen LogP) is -0.362. The van der Waals surface area contributed by atoms with Gasteiger partial charge in [-0.3, -0.25) is 19.2 Å². The van der Waals surface area contributed by atoms with Crippen LogP contribution in [0.1, 0.15) is 33.6 Å². The van der Waals surface area contributed by atoms with Crippen molar-refractivity contribution in [3.05, 3.63) is 11.6 Å². The summed E-state index contributed by atoms with van der Waals surface area (Å²) in [6, 6.07) is -0.871. The van der Waals surface area contributed by atoms with E-state index in [0.717, 1.165) is 6.42 Å². The number of nitrogens with zero attached hydrogens (tertiary/aromatic N) is 2. The van der Waals surface area contributed by atoms with Crippen molar-refractivity contribution in [3.8, 4) is 0 Å². The molecule has 140 valence electrons. The summed E-state index contributed by atoms with van der Waals surface area (Å²) < 4.78 is 0. The van der Waals surface area contributed by atoms with Crippen LogP contribution in [-0.4, -0.2) is 66.2 Å². The molecule has 0 unspecified atom stereocenters. The van der Waals surface area contributed by atoms with Crippen LogP contribution in [0.3, 0.4) is 0 Å². The largest absolute Gasteiger partial charge is 0.368 e. The second-order valence-electron chi connectivity index (χ2n) is 6.65. The smallest absolute Gasteiger partial charge is 0.249 e. The Hall–Kier alpha value is -2.38. The number of hydrogen-bond donors (Lipinski definition) is 2. The number of rotatable bonds is 8. The van der Waals surface area contributed by atoms with Crippen molar-refractivity contribution in [2.24, 2.45) is 11.7 Å². The Bertz CT molecular complexity index is 559. The van der Waals surface area contributed by atoms with E-state index in [0.29, 0.717) is 24.9 Å².